The molecule has 0 aliphatic heterocycles. The van der Waals surface area contributed by atoms with Gasteiger partial charge in [-0.3, -0.25) is 0 Å². The first kappa shape index (κ1) is 13.7. The second-order valence-corrected chi connectivity index (χ2v) is 4.92. The van der Waals surface area contributed by atoms with Gasteiger partial charge in [0.15, 0.2) is 0 Å². The van der Waals surface area contributed by atoms with Gasteiger partial charge in [0.25, 0.3) is 0 Å². The van der Waals surface area contributed by atoms with E-state index in [0.717, 1.165) is 23.6 Å². The molecule has 0 saturated carbocycles. The van der Waals surface area contributed by atoms with Gasteiger partial charge in [-0.2, -0.15) is 0 Å². The van der Waals surface area contributed by atoms with Crippen molar-refractivity contribution in [3.8, 4) is 5.75 Å². The number of furan rings is 1. The summed E-state index contributed by atoms with van der Waals surface area (Å²) in [6, 6.07) is 10.2. The number of hydrogen-bond donors (Lipinski definition) is 1. The Hall–Kier alpha value is -1.74. The molecule has 0 unspecified atom stereocenters. The molecular formula is C16H21NO2. The van der Waals surface area contributed by atoms with E-state index in [2.05, 4.69) is 31.3 Å². The van der Waals surface area contributed by atoms with Crippen LogP contribution in [-0.4, -0.2) is 7.05 Å². The molecule has 1 aromatic carbocycles. The summed E-state index contributed by atoms with van der Waals surface area (Å²) < 4.78 is 11.3. The minimum absolute atomic E-state index is 0.511. The average molecular weight is 259 g/mol. The van der Waals surface area contributed by atoms with Gasteiger partial charge in [0.2, 0.25) is 0 Å². The van der Waals surface area contributed by atoms with E-state index in [4.69, 9.17) is 9.15 Å². The van der Waals surface area contributed by atoms with Gasteiger partial charge in [-0.05, 0) is 36.7 Å². The molecule has 0 bridgehead atoms. The normalized spacial score (nSPS) is 10.9. The minimum Gasteiger partial charge on any atom is -0.489 e. The van der Waals surface area contributed by atoms with Crippen LogP contribution in [0.5, 0.6) is 5.75 Å². The Kier molecular flexibility index (Phi) is 4.63. The van der Waals surface area contributed by atoms with E-state index >= 15 is 0 Å². The van der Waals surface area contributed by atoms with Crippen molar-refractivity contribution in [1.29, 1.82) is 0 Å². The molecule has 0 radical (unpaired) electrons. The van der Waals surface area contributed by atoms with Gasteiger partial charge >= 0.3 is 0 Å². The van der Waals surface area contributed by atoms with Crippen LogP contribution in [-0.2, 0) is 13.2 Å². The molecule has 0 aliphatic carbocycles. The lowest BCUT2D eigenvalue weighted by molar-refractivity contribution is 0.301. The third-order valence-corrected chi connectivity index (χ3v) is 3.09. The van der Waals surface area contributed by atoms with E-state index in [1.54, 1.807) is 6.26 Å². The smallest absolute Gasteiger partial charge is 0.124 e. The van der Waals surface area contributed by atoms with E-state index in [1.807, 2.05) is 25.2 Å². The van der Waals surface area contributed by atoms with E-state index in [0.29, 0.717) is 12.5 Å². The van der Waals surface area contributed by atoms with Crippen LogP contribution in [0.25, 0.3) is 0 Å². The zero-order valence-electron chi connectivity index (χ0n) is 11.8. The molecule has 1 heterocycles. The number of rotatable bonds is 6. The quantitative estimate of drug-likeness (QED) is 0.859. The van der Waals surface area contributed by atoms with Crippen molar-refractivity contribution in [3.05, 3.63) is 53.5 Å². The predicted molar refractivity (Wildman–Crippen MR) is 76.3 cm³/mol. The van der Waals surface area contributed by atoms with Crippen LogP contribution in [0.4, 0.5) is 0 Å². The summed E-state index contributed by atoms with van der Waals surface area (Å²) in [4.78, 5) is 0. The summed E-state index contributed by atoms with van der Waals surface area (Å²) in [7, 11) is 1.90. The van der Waals surface area contributed by atoms with E-state index < -0.39 is 0 Å². The van der Waals surface area contributed by atoms with Gasteiger partial charge in [-0.25, -0.2) is 0 Å². The second kappa shape index (κ2) is 6.43. The van der Waals surface area contributed by atoms with Gasteiger partial charge in [-0.1, -0.05) is 26.0 Å². The molecule has 3 nitrogen and oxygen atoms in total. The molecule has 2 rings (SSSR count). The monoisotopic (exact) mass is 259 g/mol. The predicted octanol–water partition coefficient (Wildman–Crippen LogP) is 3.70. The fraction of sp³-hybridized carbons (Fsp3) is 0.375. The molecule has 2 aromatic rings. The van der Waals surface area contributed by atoms with E-state index in [-0.39, 0.29) is 0 Å². The molecule has 0 saturated heterocycles. The van der Waals surface area contributed by atoms with E-state index in [9.17, 15) is 0 Å². The Balaban J connectivity index is 2.02. The molecule has 102 valence electrons. The fourth-order valence-electron chi connectivity index (χ4n) is 1.94. The zero-order valence-corrected chi connectivity index (χ0v) is 11.8. The lowest BCUT2D eigenvalue weighted by atomic mass is 10.0. The molecule has 0 fully saturated rings. The average Bonchev–Trinajstić information content (AvgIpc) is 2.85. The van der Waals surface area contributed by atoms with Crippen molar-refractivity contribution in [1.82, 2.24) is 5.32 Å². The molecular weight excluding hydrogens is 238 g/mol. The first-order valence-electron chi connectivity index (χ1n) is 6.63. The van der Waals surface area contributed by atoms with Crippen LogP contribution in [0.3, 0.4) is 0 Å². The number of benzene rings is 1. The van der Waals surface area contributed by atoms with Crippen molar-refractivity contribution in [2.75, 3.05) is 7.05 Å². The standard InChI is InChI=1S/C16H21NO2/c1-12(2)13-5-4-6-15(9-13)19-11-14-7-8-18-16(14)10-17-3/h4-9,12,17H,10-11H2,1-3H3. The highest BCUT2D eigenvalue weighted by molar-refractivity contribution is 5.30. The molecule has 1 aromatic heterocycles. The third-order valence-electron chi connectivity index (χ3n) is 3.09. The number of hydrogen-bond acceptors (Lipinski definition) is 3. The Morgan fingerprint density at radius 3 is 2.84 bits per heavy atom. The minimum atomic E-state index is 0.511. The summed E-state index contributed by atoms with van der Waals surface area (Å²) in [5, 5.41) is 3.08. The maximum atomic E-state index is 5.84. The summed E-state index contributed by atoms with van der Waals surface area (Å²) >= 11 is 0. The number of ether oxygens (including phenoxy) is 1. The van der Waals surface area contributed by atoms with Crippen LogP contribution >= 0.6 is 0 Å². The van der Waals surface area contributed by atoms with E-state index in [1.165, 1.54) is 5.56 Å². The second-order valence-electron chi connectivity index (χ2n) is 4.92. The van der Waals surface area contributed by atoms with Gasteiger partial charge < -0.3 is 14.5 Å². The Labute approximate surface area is 114 Å². The molecule has 0 amide bonds. The molecule has 3 heteroatoms. The SMILES string of the molecule is CNCc1occc1COc1cccc(C(C)C)c1. The topological polar surface area (TPSA) is 34.4 Å². The first-order valence-corrected chi connectivity index (χ1v) is 6.63. The van der Waals surface area contributed by atoms with Crippen molar-refractivity contribution < 1.29 is 9.15 Å². The van der Waals surface area contributed by atoms with Gasteiger partial charge in [0.1, 0.15) is 18.1 Å². The highest BCUT2D eigenvalue weighted by Gasteiger charge is 2.07. The summed E-state index contributed by atoms with van der Waals surface area (Å²) in [5.41, 5.74) is 2.38. The Morgan fingerprint density at radius 2 is 2.11 bits per heavy atom. The summed E-state index contributed by atoms with van der Waals surface area (Å²) in [6.45, 7) is 5.62. The van der Waals surface area contributed by atoms with Crippen LogP contribution < -0.4 is 10.1 Å². The van der Waals surface area contributed by atoms with Crippen LogP contribution in [0.2, 0.25) is 0 Å². The Bertz CT molecular complexity index is 517. The maximum Gasteiger partial charge on any atom is 0.124 e. The highest BCUT2D eigenvalue weighted by atomic mass is 16.5. The van der Waals surface area contributed by atoms with Crippen molar-refractivity contribution in [2.24, 2.45) is 0 Å². The van der Waals surface area contributed by atoms with Crippen molar-refractivity contribution in [2.45, 2.75) is 32.9 Å². The lowest BCUT2D eigenvalue weighted by Crippen LogP contribution is -2.07. The molecule has 19 heavy (non-hydrogen) atoms. The molecule has 0 spiro atoms. The first-order chi connectivity index (χ1) is 9.20. The molecule has 1 N–H and O–H groups in total. The lowest BCUT2D eigenvalue weighted by Gasteiger charge is -2.10. The van der Waals surface area contributed by atoms with Gasteiger partial charge in [-0.15, -0.1) is 0 Å². The van der Waals surface area contributed by atoms with Crippen LogP contribution in [0, 0.1) is 0 Å². The molecule has 0 aliphatic rings. The van der Waals surface area contributed by atoms with Gasteiger partial charge in [0.05, 0.1) is 12.8 Å². The third kappa shape index (κ3) is 3.61. The maximum absolute atomic E-state index is 5.84. The van der Waals surface area contributed by atoms with Crippen molar-refractivity contribution >= 4 is 0 Å². The summed E-state index contributed by atoms with van der Waals surface area (Å²) in [5.74, 6) is 2.35. The van der Waals surface area contributed by atoms with Crippen molar-refractivity contribution in [3.63, 3.8) is 0 Å². The fourth-order valence-corrected chi connectivity index (χ4v) is 1.94. The van der Waals surface area contributed by atoms with Gasteiger partial charge in [0, 0.05) is 5.56 Å². The zero-order chi connectivity index (χ0) is 13.7. The van der Waals surface area contributed by atoms with Crippen LogP contribution in [0.15, 0.2) is 41.0 Å². The molecule has 0 atom stereocenters. The largest absolute Gasteiger partial charge is 0.489 e. The van der Waals surface area contributed by atoms with Crippen LogP contribution in [0.1, 0.15) is 36.7 Å². The summed E-state index contributed by atoms with van der Waals surface area (Å²) in [6.07, 6.45) is 1.70. The number of nitrogens with one attached hydrogen (secondary N) is 1. The highest BCUT2D eigenvalue weighted by Crippen LogP contribution is 2.21. The Morgan fingerprint density at radius 1 is 1.26 bits per heavy atom.